The van der Waals surface area contributed by atoms with E-state index in [1.54, 1.807) is 0 Å². The largest absolute Gasteiger partial charge is 0.396 e. The molecule has 1 aromatic heterocycles. The lowest BCUT2D eigenvalue weighted by Gasteiger charge is -2.24. The summed E-state index contributed by atoms with van der Waals surface area (Å²) in [4.78, 5) is 15.9. The molecule has 2 aromatic carbocycles. The van der Waals surface area contributed by atoms with Gasteiger partial charge in [-0.15, -0.1) is 0 Å². The average molecular weight is 468 g/mol. The summed E-state index contributed by atoms with van der Waals surface area (Å²) in [7, 11) is 0. The fourth-order valence-corrected chi connectivity index (χ4v) is 3.83. The van der Waals surface area contributed by atoms with Gasteiger partial charge < -0.3 is 15.7 Å². The molecule has 1 aliphatic rings. The first-order chi connectivity index (χ1) is 14.5. The van der Waals surface area contributed by atoms with E-state index in [0.29, 0.717) is 24.6 Å². The number of aliphatic hydroxyl groups is 1. The lowest BCUT2D eigenvalue weighted by Crippen LogP contribution is -2.20. The number of carbonyl (C=O) groups is 1. The summed E-state index contributed by atoms with van der Waals surface area (Å²) in [5.74, 6) is 1.26. The minimum absolute atomic E-state index is 0.101. The van der Waals surface area contributed by atoms with Gasteiger partial charge in [0.25, 0.3) is 0 Å². The lowest BCUT2D eigenvalue weighted by molar-refractivity contribution is -0.114. The van der Waals surface area contributed by atoms with Gasteiger partial charge in [-0.2, -0.15) is 10.1 Å². The molecule has 0 saturated heterocycles. The van der Waals surface area contributed by atoms with Crippen LogP contribution in [0.3, 0.4) is 0 Å². The van der Waals surface area contributed by atoms with Crippen LogP contribution < -0.4 is 10.6 Å². The smallest absolute Gasteiger partial charge is 0.226 e. The van der Waals surface area contributed by atoms with Crippen LogP contribution in [-0.4, -0.2) is 32.4 Å². The van der Waals surface area contributed by atoms with Crippen molar-refractivity contribution in [1.82, 2.24) is 14.8 Å². The molecule has 0 spiro atoms. The number of anilines is 2. The predicted octanol–water partition coefficient (Wildman–Crippen LogP) is 3.98. The van der Waals surface area contributed by atoms with Gasteiger partial charge in [0, 0.05) is 35.8 Å². The van der Waals surface area contributed by atoms with Crippen molar-refractivity contribution in [2.75, 3.05) is 17.2 Å². The number of fused-ring (bicyclic) bond motifs is 1. The van der Waals surface area contributed by atoms with Crippen molar-refractivity contribution in [3.05, 3.63) is 76.0 Å². The molecule has 0 radical (unpaired) electrons. The van der Waals surface area contributed by atoms with E-state index in [2.05, 4.69) is 54.9 Å². The third-order valence-corrected chi connectivity index (χ3v) is 5.27. The molecular weight excluding hydrogens is 446 g/mol. The lowest BCUT2D eigenvalue weighted by atomic mass is 10.0. The molecule has 0 aliphatic carbocycles. The van der Waals surface area contributed by atoms with Gasteiger partial charge in [0.2, 0.25) is 11.9 Å². The molecule has 1 unspecified atom stereocenters. The first kappa shape index (κ1) is 20.3. The molecule has 0 saturated carbocycles. The minimum atomic E-state index is -0.126. The second-order valence-corrected chi connectivity index (χ2v) is 8.00. The molecule has 1 aliphatic heterocycles. The summed E-state index contributed by atoms with van der Waals surface area (Å²) in [6.07, 6.45) is 3.35. The number of amides is 1. The maximum absolute atomic E-state index is 11.3. The number of aliphatic hydroxyl groups excluding tert-OH is 1. The number of halogens is 1. The van der Waals surface area contributed by atoms with Gasteiger partial charge in [0.15, 0.2) is 5.82 Å². The highest BCUT2D eigenvalue weighted by Gasteiger charge is 2.25. The van der Waals surface area contributed by atoms with E-state index in [4.69, 9.17) is 5.11 Å². The number of benzene rings is 2. The molecule has 0 fully saturated rings. The Bertz CT molecular complexity index is 1090. The molecule has 4 rings (SSSR count). The summed E-state index contributed by atoms with van der Waals surface area (Å²) in [6, 6.07) is 15.7. The monoisotopic (exact) mass is 467 g/mol. The van der Waals surface area contributed by atoms with Crippen LogP contribution in [0, 0.1) is 0 Å². The van der Waals surface area contributed by atoms with E-state index in [9.17, 15) is 4.79 Å². The highest BCUT2D eigenvalue weighted by Crippen LogP contribution is 2.33. The van der Waals surface area contributed by atoms with E-state index in [1.165, 1.54) is 6.92 Å². The van der Waals surface area contributed by atoms with Crippen molar-refractivity contribution in [2.45, 2.75) is 25.8 Å². The zero-order valence-electron chi connectivity index (χ0n) is 16.5. The van der Waals surface area contributed by atoms with E-state index in [0.717, 1.165) is 27.0 Å². The molecule has 1 atom stereocenters. The second kappa shape index (κ2) is 8.81. The van der Waals surface area contributed by atoms with E-state index >= 15 is 0 Å². The van der Waals surface area contributed by atoms with Gasteiger partial charge >= 0.3 is 0 Å². The number of nitrogens with zero attached hydrogens (tertiary/aromatic N) is 3. The number of aromatic nitrogens is 3. The van der Waals surface area contributed by atoms with Gasteiger partial charge in [-0.25, -0.2) is 4.68 Å². The van der Waals surface area contributed by atoms with Gasteiger partial charge in [-0.3, -0.25) is 4.79 Å². The number of nitrogens with one attached hydrogen (secondary N) is 2. The van der Waals surface area contributed by atoms with Crippen molar-refractivity contribution in [3.63, 3.8) is 0 Å². The molecule has 7 nitrogen and oxygen atoms in total. The maximum atomic E-state index is 11.3. The Morgan fingerprint density at radius 1 is 1.27 bits per heavy atom. The molecule has 1 amide bonds. The predicted molar refractivity (Wildman–Crippen MR) is 120 cm³/mol. The van der Waals surface area contributed by atoms with Crippen LogP contribution in [0.5, 0.6) is 0 Å². The van der Waals surface area contributed by atoms with Gasteiger partial charge in [-0.05, 0) is 47.9 Å². The van der Waals surface area contributed by atoms with E-state index in [1.807, 2.05) is 41.1 Å². The van der Waals surface area contributed by atoms with E-state index < -0.39 is 0 Å². The van der Waals surface area contributed by atoms with Crippen molar-refractivity contribution in [2.24, 2.45) is 0 Å². The molecule has 154 valence electrons. The molecule has 0 bridgehead atoms. The highest BCUT2D eigenvalue weighted by molar-refractivity contribution is 9.10. The summed E-state index contributed by atoms with van der Waals surface area (Å²) in [5.41, 5.74) is 3.73. The van der Waals surface area contributed by atoms with Crippen molar-refractivity contribution in [3.8, 4) is 0 Å². The van der Waals surface area contributed by atoms with Crippen LogP contribution in [0.4, 0.5) is 11.6 Å². The number of hydrogen-bond donors (Lipinski definition) is 3. The zero-order valence-corrected chi connectivity index (χ0v) is 18.1. The van der Waals surface area contributed by atoms with Gasteiger partial charge in [0.05, 0.1) is 0 Å². The SMILES string of the molecule is CC(=O)Nc1ccc(C2=CC(c3cccc(Br)c3)n3nc(CCCO)nc3N2)cc1. The Morgan fingerprint density at radius 3 is 2.77 bits per heavy atom. The summed E-state index contributed by atoms with van der Waals surface area (Å²) < 4.78 is 2.87. The Kier molecular flexibility index (Phi) is 5.96. The summed E-state index contributed by atoms with van der Waals surface area (Å²) in [6.45, 7) is 1.60. The summed E-state index contributed by atoms with van der Waals surface area (Å²) in [5, 5.41) is 20.0. The van der Waals surface area contributed by atoms with Crippen LogP contribution in [0.1, 0.15) is 36.3 Å². The standard InChI is InChI=1S/C22H22BrN5O2/c1-14(30)24-18-9-7-15(8-10-18)19-13-20(16-4-2-5-17(23)12-16)28-22(25-19)26-21(27-28)6-3-11-29/h2,4-5,7-10,12-13,20,29H,3,6,11H2,1H3,(H,24,30)(H,25,26,27). The quantitative estimate of drug-likeness (QED) is 0.509. The number of aryl methyl sites for hydroxylation is 1. The third-order valence-electron chi connectivity index (χ3n) is 4.77. The number of hydrogen-bond acceptors (Lipinski definition) is 5. The average Bonchev–Trinajstić information content (AvgIpc) is 3.14. The molecule has 2 heterocycles. The Hall–Kier alpha value is -2.97. The van der Waals surface area contributed by atoms with Crippen LogP contribution in [-0.2, 0) is 11.2 Å². The zero-order chi connectivity index (χ0) is 21.1. The number of allylic oxidation sites excluding steroid dienone is 1. The fraction of sp³-hybridized carbons (Fsp3) is 0.227. The molecular formula is C22H22BrN5O2. The Balaban J connectivity index is 1.71. The van der Waals surface area contributed by atoms with E-state index in [-0.39, 0.29) is 18.6 Å². The number of rotatable bonds is 6. The topological polar surface area (TPSA) is 92.1 Å². The van der Waals surface area contributed by atoms with Crippen molar-refractivity contribution < 1.29 is 9.90 Å². The van der Waals surface area contributed by atoms with Gasteiger partial charge in [0.1, 0.15) is 6.04 Å². The molecule has 3 aromatic rings. The minimum Gasteiger partial charge on any atom is -0.396 e. The van der Waals surface area contributed by atoms with Crippen LogP contribution >= 0.6 is 15.9 Å². The normalized spacial score (nSPS) is 15.2. The number of carbonyl (C=O) groups excluding carboxylic acids is 1. The second-order valence-electron chi connectivity index (χ2n) is 7.09. The van der Waals surface area contributed by atoms with Crippen LogP contribution in [0.2, 0.25) is 0 Å². The molecule has 8 heteroatoms. The fourth-order valence-electron chi connectivity index (χ4n) is 3.41. The van der Waals surface area contributed by atoms with Gasteiger partial charge in [-0.1, -0.05) is 40.2 Å². The first-order valence-corrected chi connectivity index (χ1v) is 10.5. The van der Waals surface area contributed by atoms with Crippen molar-refractivity contribution >= 4 is 39.2 Å². The Labute approximate surface area is 183 Å². The first-order valence-electron chi connectivity index (χ1n) is 9.72. The Morgan fingerprint density at radius 2 is 2.07 bits per heavy atom. The molecule has 3 N–H and O–H groups in total. The van der Waals surface area contributed by atoms with Crippen molar-refractivity contribution in [1.29, 1.82) is 0 Å². The summed E-state index contributed by atoms with van der Waals surface area (Å²) >= 11 is 3.55. The maximum Gasteiger partial charge on any atom is 0.226 e. The van der Waals surface area contributed by atoms with Crippen LogP contribution in [0.15, 0.2) is 59.1 Å². The third kappa shape index (κ3) is 4.44. The molecule has 30 heavy (non-hydrogen) atoms. The highest BCUT2D eigenvalue weighted by atomic mass is 79.9. The van der Waals surface area contributed by atoms with Crippen LogP contribution in [0.25, 0.3) is 5.70 Å².